The molecule has 4 rings (SSSR count). The first-order valence-electron chi connectivity index (χ1n) is 7.95. The Labute approximate surface area is 144 Å². The zero-order valence-corrected chi connectivity index (χ0v) is 13.6. The molecular weight excluding hydrogens is 315 g/mol. The zero-order valence-electron chi connectivity index (χ0n) is 13.6. The molecule has 3 aromatic carbocycles. The van der Waals surface area contributed by atoms with Gasteiger partial charge in [-0.05, 0) is 55.0 Å². The molecule has 0 fully saturated rings. The van der Waals surface area contributed by atoms with Crippen LogP contribution < -0.4 is 4.74 Å². The molecule has 0 aliphatic rings. The van der Waals surface area contributed by atoms with Crippen molar-refractivity contribution in [1.29, 1.82) is 0 Å². The molecule has 122 valence electrons. The molecule has 0 amide bonds. The first-order chi connectivity index (χ1) is 12.2. The van der Waals surface area contributed by atoms with E-state index in [0.29, 0.717) is 11.5 Å². The van der Waals surface area contributed by atoms with E-state index in [2.05, 4.69) is 23.2 Å². The lowest BCUT2D eigenvalue weighted by molar-refractivity contribution is 0.481. The van der Waals surface area contributed by atoms with Crippen LogP contribution >= 0.6 is 0 Å². The first kappa shape index (κ1) is 15.3. The van der Waals surface area contributed by atoms with E-state index < -0.39 is 0 Å². The first-order valence-corrected chi connectivity index (χ1v) is 7.95. The van der Waals surface area contributed by atoms with E-state index in [1.165, 1.54) is 12.1 Å². The van der Waals surface area contributed by atoms with Gasteiger partial charge in [0.05, 0.1) is 6.20 Å². The number of rotatable bonds is 3. The van der Waals surface area contributed by atoms with Crippen molar-refractivity contribution >= 4 is 10.8 Å². The second-order valence-electron chi connectivity index (χ2n) is 5.81. The van der Waals surface area contributed by atoms with Crippen molar-refractivity contribution in [1.82, 2.24) is 10.2 Å². The number of hydrogen-bond donors (Lipinski definition) is 0. The van der Waals surface area contributed by atoms with E-state index in [1.807, 2.05) is 36.4 Å². The predicted octanol–water partition coefficient (Wildman–Crippen LogP) is 5.54. The van der Waals surface area contributed by atoms with Gasteiger partial charge >= 0.3 is 0 Å². The van der Waals surface area contributed by atoms with Gasteiger partial charge in [0, 0.05) is 16.3 Å². The monoisotopic (exact) mass is 330 g/mol. The molecule has 0 radical (unpaired) electrons. The van der Waals surface area contributed by atoms with Crippen molar-refractivity contribution in [3.63, 3.8) is 0 Å². The van der Waals surface area contributed by atoms with Gasteiger partial charge in [0.1, 0.15) is 23.0 Å². The van der Waals surface area contributed by atoms with Gasteiger partial charge in [0.25, 0.3) is 0 Å². The predicted molar refractivity (Wildman–Crippen MR) is 96.2 cm³/mol. The van der Waals surface area contributed by atoms with E-state index in [1.54, 1.807) is 18.3 Å². The van der Waals surface area contributed by atoms with Gasteiger partial charge in [-0.2, -0.15) is 5.10 Å². The van der Waals surface area contributed by atoms with E-state index in [0.717, 1.165) is 27.6 Å². The van der Waals surface area contributed by atoms with Crippen LogP contribution in [0.2, 0.25) is 0 Å². The van der Waals surface area contributed by atoms with Gasteiger partial charge in [0.2, 0.25) is 0 Å². The van der Waals surface area contributed by atoms with Crippen molar-refractivity contribution in [2.45, 2.75) is 6.92 Å². The maximum atomic E-state index is 13.0. The molecule has 0 aliphatic heterocycles. The maximum absolute atomic E-state index is 13.0. The molecule has 3 nitrogen and oxygen atoms in total. The highest BCUT2D eigenvalue weighted by Gasteiger charge is 2.09. The number of aromatic nitrogens is 2. The molecule has 1 aromatic heterocycles. The second kappa shape index (κ2) is 6.32. The Morgan fingerprint density at radius 3 is 2.44 bits per heavy atom. The Bertz CT molecular complexity index is 1050. The highest BCUT2D eigenvalue weighted by atomic mass is 19.1. The number of fused-ring (bicyclic) bond motifs is 1. The third-order valence-corrected chi connectivity index (χ3v) is 4.08. The summed E-state index contributed by atoms with van der Waals surface area (Å²) in [7, 11) is 0. The molecule has 1 heterocycles. The number of aryl methyl sites for hydroxylation is 1. The minimum atomic E-state index is -0.288. The highest BCUT2D eigenvalue weighted by molar-refractivity contribution is 5.95. The molecule has 0 N–H and O–H groups in total. The zero-order chi connectivity index (χ0) is 17.2. The van der Waals surface area contributed by atoms with Crippen LogP contribution in [0.1, 0.15) is 5.56 Å². The Kier molecular flexibility index (Phi) is 3.86. The van der Waals surface area contributed by atoms with Crippen LogP contribution in [0, 0.1) is 12.7 Å². The van der Waals surface area contributed by atoms with Crippen LogP contribution in [-0.2, 0) is 0 Å². The molecule has 0 aliphatic carbocycles. The molecule has 0 spiro atoms. The summed E-state index contributed by atoms with van der Waals surface area (Å²) in [5.74, 6) is 0.966. The SMILES string of the molecule is Cc1ccccc1-c1nncc2cc(Oc3ccc(F)cc3)ccc12. The number of benzene rings is 3. The highest BCUT2D eigenvalue weighted by Crippen LogP contribution is 2.31. The van der Waals surface area contributed by atoms with Crippen LogP contribution in [0.3, 0.4) is 0 Å². The molecule has 4 aromatic rings. The minimum absolute atomic E-state index is 0.288. The lowest BCUT2D eigenvalue weighted by atomic mass is 10.0. The van der Waals surface area contributed by atoms with Crippen LogP contribution in [0.25, 0.3) is 22.0 Å². The van der Waals surface area contributed by atoms with Gasteiger partial charge < -0.3 is 4.74 Å². The summed E-state index contributed by atoms with van der Waals surface area (Å²) in [5, 5.41) is 10.4. The fraction of sp³-hybridized carbons (Fsp3) is 0.0476. The quantitative estimate of drug-likeness (QED) is 0.495. The van der Waals surface area contributed by atoms with Crippen molar-refractivity contribution in [3.8, 4) is 22.8 Å². The Morgan fingerprint density at radius 1 is 0.880 bits per heavy atom. The fourth-order valence-electron chi connectivity index (χ4n) is 2.81. The molecule has 0 saturated carbocycles. The molecule has 0 bridgehead atoms. The van der Waals surface area contributed by atoms with Crippen LogP contribution in [0.15, 0.2) is 72.9 Å². The Hall–Kier alpha value is -3.27. The van der Waals surface area contributed by atoms with Crippen molar-refractivity contribution < 1.29 is 9.13 Å². The number of nitrogens with zero attached hydrogens (tertiary/aromatic N) is 2. The molecule has 25 heavy (non-hydrogen) atoms. The lowest BCUT2D eigenvalue weighted by Crippen LogP contribution is -1.92. The van der Waals surface area contributed by atoms with E-state index in [-0.39, 0.29) is 5.82 Å². The third-order valence-electron chi connectivity index (χ3n) is 4.08. The Morgan fingerprint density at radius 2 is 1.64 bits per heavy atom. The summed E-state index contributed by atoms with van der Waals surface area (Å²) in [6, 6.07) is 19.8. The van der Waals surface area contributed by atoms with Gasteiger partial charge in [-0.1, -0.05) is 24.3 Å². The summed E-state index contributed by atoms with van der Waals surface area (Å²) in [6.07, 6.45) is 1.72. The molecular formula is C21H15FN2O. The summed E-state index contributed by atoms with van der Waals surface area (Å²) < 4.78 is 18.8. The van der Waals surface area contributed by atoms with E-state index in [9.17, 15) is 4.39 Å². The van der Waals surface area contributed by atoms with Crippen molar-refractivity contribution in [3.05, 3.63) is 84.3 Å². The number of halogens is 1. The third kappa shape index (κ3) is 3.06. The lowest BCUT2D eigenvalue weighted by Gasteiger charge is -2.10. The van der Waals surface area contributed by atoms with Crippen molar-refractivity contribution in [2.75, 3.05) is 0 Å². The summed E-state index contributed by atoms with van der Waals surface area (Å²) in [5.41, 5.74) is 3.06. The molecule has 0 unspecified atom stereocenters. The largest absolute Gasteiger partial charge is 0.457 e. The normalized spacial score (nSPS) is 10.8. The summed E-state index contributed by atoms with van der Waals surface area (Å²) >= 11 is 0. The molecule has 4 heteroatoms. The number of hydrogen-bond acceptors (Lipinski definition) is 3. The fourth-order valence-corrected chi connectivity index (χ4v) is 2.81. The Balaban J connectivity index is 1.75. The van der Waals surface area contributed by atoms with Gasteiger partial charge in [-0.15, -0.1) is 5.10 Å². The smallest absolute Gasteiger partial charge is 0.128 e. The van der Waals surface area contributed by atoms with Gasteiger partial charge in [-0.3, -0.25) is 0 Å². The van der Waals surface area contributed by atoms with E-state index >= 15 is 0 Å². The summed E-state index contributed by atoms with van der Waals surface area (Å²) in [4.78, 5) is 0. The average molecular weight is 330 g/mol. The minimum Gasteiger partial charge on any atom is -0.457 e. The van der Waals surface area contributed by atoms with Gasteiger partial charge in [0.15, 0.2) is 0 Å². The summed E-state index contributed by atoms with van der Waals surface area (Å²) in [6.45, 7) is 2.06. The van der Waals surface area contributed by atoms with Crippen molar-refractivity contribution in [2.24, 2.45) is 0 Å². The standard InChI is InChI=1S/C21H15FN2O/c1-14-4-2-3-5-19(14)21-20-11-10-18(12-15(20)13-23-24-21)25-17-8-6-16(22)7-9-17/h2-13H,1H3. The average Bonchev–Trinajstić information content (AvgIpc) is 2.63. The number of ether oxygens (including phenoxy) is 1. The van der Waals surface area contributed by atoms with Crippen LogP contribution in [0.4, 0.5) is 4.39 Å². The molecule has 0 saturated heterocycles. The van der Waals surface area contributed by atoms with E-state index in [4.69, 9.17) is 4.74 Å². The maximum Gasteiger partial charge on any atom is 0.128 e. The van der Waals surface area contributed by atoms with Gasteiger partial charge in [-0.25, -0.2) is 4.39 Å². The van der Waals surface area contributed by atoms with Crippen LogP contribution in [-0.4, -0.2) is 10.2 Å². The topological polar surface area (TPSA) is 35.0 Å². The second-order valence-corrected chi connectivity index (χ2v) is 5.81. The molecule has 0 atom stereocenters. The van der Waals surface area contributed by atoms with Crippen LogP contribution in [0.5, 0.6) is 11.5 Å².